The highest BCUT2D eigenvalue weighted by atomic mass is 17.2. The summed E-state index contributed by atoms with van der Waals surface area (Å²) in [6, 6.07) is 29.2. The van der Waals surface area contributed by atoms with Crippen molar-refractivity contribution in [3.05, 3.63) is 107 Å². The molecule has 0 saturated carbocycles. The predicted molar refractivity (Wildman–Crippen MR) is 95.4 cm³/mol. The molecule has 25 heavy (non-hydrogen) atoms. The molecule has 2 aliphatic heterocycles. The molecule has 3 heteroatoms. The first-order valence-corrected chi connectivity index (χ1v) is 8.70. The van der Waals surface area contributed by atoms with Crippen molar-refractivity contribution in [2.24, 2.45) is 0 Å². The van der Waals surface area contributed by atoms with E-state index in [1.807, 2.05) is 12.1 Å². The van der Waals surface area contributed by atoms with Crippen LogP contribution < -0.4 is 0 Å². The van der Waals surface area contributed by atoms with Crippen molar-refractivity contribution in [2.75, 3.05) is 6.54 Å². The van der Waals surface area contributed by atoms with Gasteiger partial charge in [-0.15, -0.1) is 0 Å². The van der Waals surface area contributed by atoms with Gasteiger partial charge in [-0.3, -0.25) is 0 Å². The normalized spacial score (nSPS) is 21.5. The van der Waals surface area contributed by atoms with E-state index in [0.29, 0.717) is 0 Å². The lowest BCUT2D eigenvalue weighted by molar-refractivity contribution is -0.323. The first kappa shape index (κ1) is 14.8. The molecule has 3 aromatic rings. The largest absolute Gasteiger partial charge is 0.232 e. The molecule has 2 heterocycles. The zero-order chi connectivity index (χ0) is 16.7. The Balaban J connectivity index is 1.69. The highest BCUT2D eigenvalue weighted by Crippen LogP contribution is 2.50. The maximum atomic E-state index is 6.14. The van der Waals surface area contributed by atoms with Gasteiger partial charge in [0.15, 0.2) is 6.23 Å². The van der Waals surface area contributed by atoms with Gasteiger partial charge >= 0.3 is 0 Å². The van der Waals surface area contributed by atoms with Crippen molar-refractivity contribution in [1.29, 1.82) is 0 Å². The lowest BCUT2D eigenvalue weighted by Crippen LogP contribution is -2.47. The molecule has 5 rings (SSSR count). The summed E-state index contributed by atoms with van der Waals surface area (Å²) in [5.41, 5.74) is 3.98. The summed E-state index contributed by atoms with van der Waals surface area (Å²) >= 11 is 0. The fraction of sp³-hybridized carbons (Fsp3) is 0.182. The quantitative estimate of drug-likeness (QED) is 0.650. The van der Waals surface area contributed by atoms with Crippen LogP contribution in [0.1, 0.15) is 28.5 Å². The molecule has 1 saturated heterocycles. The lowest BCUT2D eigenvalue weighted by Gasteiger charge is -2.39. The first-order chi connectivity index (χ1) is 12.4. The monoisotopic (exact) mass is 329 g/mol. The molecule has 2 aliphatic rings. The van der Waals surface area contributed by atoms with Gasteiger partial charge in [0, 0.05) is 23.2 Å². The third kappa shape index (κ3) is 2.17. The molecule has 0 aromatic heterocycles. The fourth-order valence-corrected chi connectivity index (χ4v) is 4.04. The summed E-state index contributed by atoms with van der Waals surface area (Å²) in [5.74, 6) is 0. The maximum Gasteiger partial charge on any atom is 0.210 e. The second kappa shape index (κ2) is 5.81. The Labute approximate surface area is 147 Å². The van der Waals surface area contributed by atoms with Gasteiger partial charge < -0.3 is 0 Å². The molecular formula is C22H19NO2. The van der Waals surface area contributed by atoms with Crippen molar-refractivity contribution in [1.82, 2.24) is 4.90 Å². The van der Waals surface area contributed by atoms with Crippen LogP contribution in [-0.2, 0) is 21.9 Å². The Hall–Kier alpha value is -2.46. The fourth-order valence-electron chi connectivity index (χ4n) is 4.04. The third-order valence-electron chi connectivity index (χ3n) is 5.22. The molecule has 0 aliphatic carbocycles. The van der Waals surface area contributed by atoms with Crippen LogP contribution in [0.4, 0.5) is 0 Å². The van der Waals surface area contributed by atoms with E-state index in [4.69, 9.17) is 9.78 Å². The van der Waals surface area contributed by atoms with Crippen molar-refractivity contribution in [3.63, 3.8) is 0 Å². The lowest BCUT2D eigenvalue weighted by atomic mass is 9.89. The van der Waals surface area contributed by atoms with Crippen LogP contribution in [0.15, 0.2) is 84.9 Å². The van der Waals surface area contributed by atoms with Gasteiger partial charge in [-0.1, -0.05) is 84.9 Å². The SMILES string of the molecule is c1ccc(C2(c3ccccc3)OOC3c4ccccc4CCN32)cc1. The maximum absolute atomic E-state index is 6.14. The van der Waals surface area contributed by atoms with E-state index in [-0.39, 0.29) is 6.23 Å². The molecule has 0 bridgehead atoms. The summed E-state index contributed by atoms with van der Waals surface area (Å²) in [6.07, 6.45) is 0.797. The molecule has 0 N–H and O–H groups in total. The summed E-state index contributed by atoms with van der Waals surface area (Å²) in [5, 5.41) is 0. The summed E-state index contributed by atoms with van der Waals surface area (Å²) < 4.78 is 0. The summed E-state index contributed by atoms with van der Waals surface area (Å²) in [6.45, 7) is 0.880. The molecule has 3 aromatic carbocycles. The van der Waals surface area contributed by atoms with E-state index in [2.05, 4.69) is 77.7 Å². The van der Waals surface area contributed by atoms with Crippen LogP contribution in [-0.4, -0.2) is 11.4 Å². The second-order valence-corrected chi connectivity index (χ2v) is 6.55. The van der Waals surface area contributed by atoms with Gasteiger partial charge in [-0.05, 0) is 12.0 Å². The number of benzene rings is 3. The molecule has 0 radical (unpaired) electrons. The standard InChI is InChI=1S/C22H19NO2/c1-3-10-18(11-4-1)22(19-12-5-2-6-13-19)23-16-15-17-9-7-8-14-20(17)21(23)24-25-22/h1-14,21H,15-16H2. The first-order valence-electron chi connectivity index (χ1n) is 8.70. The molecule has 1 unspecified atom stereocenters. The smallest absolute Gasteiger partial charge is 0.210 e. The minimum absolute atomic E-state index is 0.189. The Morgan fingerprint density at radius 3 is 2.04 bits per heavy atom. The van der Waals surface area contributed by atoms with E-state index in [0.717, 1.165) is 24.1 Å². The van der Waals surface area contributed by atoms with Crippen LogP contribution in [0.2, 0.25) is 0 Å². The molecule has 3 nitrogen and oxygen atoms in total. The second-order valence-electron chi connectivity index (χ2n) is 6.55. The Kier molecular flexibility index (Phi) is 3.45. The van der Waals surface area contributed by atoms with Crippen LogP contribution in [0.25, 0.3) is 0 Å². The van der Waals surface area contributed by atoms with E-state index in [9.17, 15) is 0 Å². The van der Waals surface area contributed by atoms with Gasteiger partial charge in [-0.25, -0.2) is 14.7 Å². The predicted octanol–water partition coefficient (Wildman–Crippen LogP) is 4.41. The van der Waals surface area contributed by atoms with E-state index in [1.165, 1.54) is 11.1 Å². The number of nitrogens with zero attached hydrogens (tertiary/aromatic N) is 1. The molecular weight excluding hydrogens is 310 g/mol. The van der Waals surface area contributed by atoms with Crippen LogP contribution in [0.5, 0.6) is 0 Å². The molecule has 0 spiro atoms. The summed E-state index contributed by atoms with van der Waals surface area (Å²) in [4.78, 5) is 14.4. The van der Waals surface area contributed by atoms with Gasteiger partial charge in [0.25, 0.3) is 0 Å². The molecule has 0 amide bonds. The Morgan fingerprint density at radius 1 is 0.760 bits per heavy atom. The van der Waals surface area contributed by atoms with E-state index < -0.39 is 5.72 Å². The minimum atomic E-state index is -0.722. The topological polar surface area (TPSA) is 21.7 Å². The average molecular weight is 329 g/mol. The zero-order valence-corrected chi connectivity index (χ0v) is 13.8. The van der Waals surface area contributed by atoms with Gasteiger partial charge in [-0.2, -0.15) is 0 Å². The van der Waals surface area contributed by atoms with Crippen molar-refractivity contribution < 1.29 is 9.78 Å². The van der Waals surface area contributed by atoms with Gasteiger partial charge in [0.2, 0.25) is 5.72 Å². The number of fused-ring (bicyclic) bond motifs is 3. The third-order valence-corrected chi connectivity index (χ3v) is 5.22. The number of rotatable bonds is 2. The van der Waals surface area contributed by atoms with Crippen LogP contribution in [0, 0.1) is 0 Å². The van der Waals surface area contributed by atoms with E-state index >= 15 is 0 Å². The number of hydrogen-bond acceptors (Lipinski definition) is 3. The van der Waals surface area contributed by atoms with E-state index in [1.54, 1.807) is 0 Å². The Morgan fingerprint density at radius 2 is 1.36 bits per heavy atom. The molecule has 1 fully saturated rings. The number of hydrogen-bond donors (Lipinski definition) is 0. The highest BCUT2D eigenvalue weighted by Gasteiger charge is 2.54. The van der Waals surface area contributed by atoms with Crippen molar-refractivity contribution in [3.8, 4) is 0 Å². The van der Waals surface area contributed by atoms with Gasteiger partial charge in [0.05, 0.1) is 0 Å². The zero-order valence-electron chi connectivity index (χ0n) is 13.8. The summed E-state index contributed by atoms with van der Waals surface area (Å²) in [7, 11) is 0. The average Bonchev–Trinajstić information content (AvgIpc) is 3.10. The van der Waals surface area contributed by atoms with Crippen molar-refractivity contribution in [2.45, 2.75) is 18.4 Å². The van der Waals surface area contributed by atoms with Crippen LogP contribution in [0.3, 0.4) is 0 Å². The highest BCUT2D eigenvalue weighted by molar-refractivity contribution is 5.39. The van der Waals surface area contributed by atoms with Crippen LogP contribution >= 0.6 is 0 Å². The molecule has 1 atom stereocenters. The molecule has 124 valence electrons. The minimum Gasteiger partial charge on any atom is -0.232 e. The van der Waals surface area contributed by atoms with Gasteiger partial charge in [0.1, 0.15) is 0 Å². The Bertz CT molecular complexity index is 839. The van der Waals surface area contributed by atoms with Crippen molar-refractivity contribution >= 4 is 0 Å².